The highest BCUT2D eigenvalue weighted by atomic mass is 35.5. The summed E-state index contributed by atoms with van der Waals surface area (Å²) in [7, 11) is 1.64. The van der Waals surface area contributed by atoms with Crippen molar-refractivity contribution in [2.24, 2.45) is 0 Å². The van der Waals surface area contributed by atoms with Crippen LogP contribution in [0, 0.1) is 0 Å². The van der Waals surface area contributed by atoms with Crippen molar-refractivity contribution in [2.75, 3.05) is 13.7 Å². The molecule has 2 N–H and O–H groups in total. The van der Waals surface area contributed by atoms with E-state index in [1.807, 2.05) is 24.3 Å². The quantitative estimate of drug-likeness (QED) is 0.883. The first-order chi connectivity index (χ1) is 9.20. The minimum atomic E-state index is -0.165. The van der Waals surface area contributed by atoms with Crippen LogP contribution in [0.2, 0.25) is 5.02 Å². The topological polar surface area (TPSA) is 54.1 Å². The van der Waals surface area contributed by atoms with Gasteiger partial charge in [-0.15, -0.1) is 0 Å². The number of halogens is 1. The van der Waals surface area contributed by atoms with E-state index in [1.54, 1.807) is 19.4 Å². The third kappa shape index (κ3) is 3.51. The summed E-state index contributed by atoms with van der Waals surface area (Å²) in [6, 6.07) is 9.35. The Kier molecular flexibility index (Phi) is 4.47. The predicted octanol–water partition coefficient (Wildman–Crippen LogP) is 2.65. The lowest BCUT2D eigenvalue weighted by Gasteiger charge is -2.08. The van der Waals surface area contributed by atoms with E-state index in [1.165, 1.54) is 0 Å². The summed E-state index contributed by atoms with van der Waals surface area (Å²) < 4.78 is 5.25. The van der Waals surface area contributed by atoms with Gasteiger partial charge in [0.2, 0.25) is 0 Å². The zero-order valence-corrected chi connectivity index (χ0v) is 11.3. The Morgan fingerprint density at radius 1 is 1.42 bits per heavy atom. The molecule has 2 rings (SSSR count). The molecule has 0 saturated heterocycles. The molecule has 1 aromatic carbocycles. The normalized spacial score (nSPS) is 10.2. The number of aromatic amines is 1. The van der Waals surface area contributed by atoms with Crippen molar-refractivity contribution in [1.82, 2.24) is 10.3 Å². The number of H-pyrrole nitrogens is 1. The third-order valence-corrected chi connectivity index (χ3v) is 2.98. The molecule has 19 heavy (non-hydrogen) atoms. The number of hydrogen-bond donors (Lipinski definition) is 2. The molecular formula is C14H15ClN2O2. The molecule has 0 fully saturated rings. The second kappa shape index (κ2) is 6.29. The fraction of sp³-hybridized carbons (Fsp3) is 0.214. The second-order valence-electron chi connectivity index (χ2n) is 4.05. The van der Waals surface area contributed by atoms with Gasteiger partial charge in [-0.3, -0.25) is 4.79 Å². The number of aromatic nitrogens is 1. The average molecular weight is 279 g/mol. The Morgan fingerprint density at radius 3 is 2.89 bits per heavy atom. The molecule has 0 aliphatic heterocycles. The van der Waals surface area contributed by atoms with Crippen molar-refractivity contribution in [3.05, 3.63) is 52.8 Å². The van der Waals surface area contributed by atoms with Gasteiger partial charge in [0.15, 0.2) is 0 Å². The van der Waals surface area contributed by atoms with Crippen molar-refractivity contribution in [1.29, 1.82) is 0 Å². The molecule has 0 spiro atoms. The summed E-state index contributed by atoms with van der Waals surface area (Å²) in [5.74, 6) is 0.668. The van der Waals surface area contributed by atoms with Gasteiger partial charge in [0, 0.05) is 12.7 Å². The number of ether oxygens (including phenoxy) is 1. The zero-order chi connectivity index (χ0) is 13.7. The maximum atomic E-state index is 11.8. The van der Waals surface area contributed by atoms with Crippen molar-refractivity contribution in [3.63, 3.8) is 0 Å². The SMILES string of the molecule is COc1ccccc1CCNC(=O)c1cc(Cl)c[nH]1. The van der Waals surface area contributed by atoms with Crippen LogP contribution in [0.4, 0.5) is 0 Å². The number of carbonyl (C=O) groups excluding carboxylic acids is 1. The monoisotopic (exact) mass is 278 g/mol. The number of nitrogens with one attached hydrogen (secondary N) is 2. The highest BCUT2D eigenvalue weighted by molar-refractivity contribution is 6.30. The van der Waals surface area contributed by atoms with E-state index in [2.05, 4.69) is 10.3 Å². The van der Waals surface area contributed by atoms with E-state index >= 15 is 0 Å². The largest absolute Gasteiger partial charge is 0.496 e. The van der Waals surface area contributed by atoms with Crippen molar-refractivity contribution < 1.29 is 9.53 Å². The lowest BCUT2D eigenvalue weighted by molar-refractivity contribution is 0.0949. The summed E-state index contributed by atoms with van der Waals surface area (Å²) in [5, 5.41) is 3.35. The van der Waals surface area contributed by atoms with E-state index in [4.69, 9.17) is 16.3 Å². The predicted molar refractivity (Wildman–Crippen MR) is 74.8 cm³/mol. The molecule has 0 unspecified atom stereocenters. The van der Waals surface area contributed by atoms with Crippen LogP contribution >= 0.6 is 11.6 Å². The van der Waals surface area contributed by atoms with Crippen LogP contribution in [-0.4, -0.2) is 24.5 Å². The van der Waals surface area contributed by atoms with Crippen LogP contribution in [0.5, 0.6) is 5.75 Å². The van der Waals surface area contributed by atoms with Crippen LogP contribution in [0.15, 0.2) is 36.5 Å². The number of carbonyl (C=O) groups is 1. The second-order valence-corrected chi connectivity index (χ2v) is 4.49. The van der Waals surface area contributed by atoms with Gasteiger partial charge in [-0.1, -0.05) is 29.8 Å². The minimum absolute atomic E-state index is 0.165. The molecule has 100 valence electrons. The maximum Gasteiger partial charge on any atom is 0.267 e. The standard InChI is InChI=1S/C14H15ClN2O2/c1-19-13-5-3-2-4-10(13)6-7-16-14(18)12-8-11(15)9-17-12/h2-5,8-9,17H,6-7H2,1H3,(H,16,18). The van der Waals surface area contributed by atoms with Gasteiger partial charge in [0.25, 0.3) is 5.91 Å². The Labute approximate surface area is 116 Å². The summed E-state index contributed by atoms with van der Waals surface area (Å²) in [4.78, 5) is 14.6. The first-order valence-corrected chi connectivity index (χ1v) is 6.32. The number of rotatable bonds is 5. The van der Waals surface area contributed by atoms with Gasteiger partial charge in [0.1, 0.15) is 11.4 Å². The molecule has 0 atom stereocenters. The zero-order valence-electron chi connectivity index (χ0n) is 10.6. The number of hydrogen-bond acceptors (Lipinski definition) is 2. The van der Waals surface area contributed by atoms with Crippen molar-refractivity contribution >= 4 is 17.5 Å². The van der Waals surface area contributed by atoms with E-state index in [0.717, 1.165) is 11.3 Å². The molecule has 1 aromatic heterocycles. The van der Waals surface area contributed by atoms with Gasteiger partial charge in [-0.05, 0) is 24.1 Å². The fourth-order valence-corrected chi connectivity index (χ4v) is 1.98. The molecule has 0 radical (unpaired) electrons. The molecule has 2 aromatic rings. The Bertz CT molecular complexity index is 566. The first-order valence-electron chi connectivity index (χ1n) is 5.94. The number of para-hydroxylation sites is 1. The van der Waals surface area contributed by atoms with Crippen LogP contribution in [-0.2, 0) is 6.42 Å². The Balaban J connectivity index is 1.88. The van der Waals surface area contributed by atoms with E-state index in [-0.39, 0.29) is 5.91 Å². The third-order valence-electron chi connectivity index (χ3n) is 2.76. The van der Waals surface area contributed by atoms with Crippen molar-refractivity contribution in [3.8, 4) is 5.75 Å². The Morgan fingerprint density at radius 2 is 2.21 bits per heavy atom. The highest BCUT2D eigenvalue weighted by Crippen LogP contribution is 2.17. The first kappa shape index (κ1) is 13.5. The van der Waals surface area contributed by atoms with Crippen LogP contribution in [0.25, 0.3) is 0 Å². The van der Waals surface area contributed by atoms with Crippen LogP contribution in [0.1, 0.15) is 16.1 Å². The maximum absolute atomic E-state index is 11.8. The van der Waals surface area contributed by atoms with Gasteiger partial charge >= 0.3 is 0 Å². The molecule has 1 amide bonds. The van der Waals surface area contributed by atoms with Gasteiger partial charge in [0.05, 0.1) is 12.1 Å². The van der Waals surface area contributed by atoms with Gasteiger partial charge in [-0.25, -0.2) is 0 Å². The van der Waals surface area contributed by atoms with Crippen LogP contribution in [0.3, 0.4) is 0 Å². The molecule has 4 nitrogen and oxygen atoms in total. The van der Waals surface area contributed by atoms with E-state index < -0.39 is 0 Å². The lowest BCUT2D eigenvalue weighted by atomic mass is 10.1. The summed E-state index contributed by atoms with van der Waals surface area (Å²) in [5.41, 5.74) is 1.53. The minimum Gasteiger partial charge on any atom is -0.496 e. The van der Waals surface area contributed by atoms with Crippen LogP contribution < -0.4 is 10.1 Å². The summed E-state index contributed by atoms with van der Waals surface area (Å²) >= 11 is 5.75. The summed E-state index contributed by atoms with van der Waals surface area (Å²) in [6.07, 6.45) is 2.29. The lowest BCUT2D eigenvalue weighted by Crippen LogP contribution is -2.26. The highest BCUT2D eigenvalue weighted by Gasteiger charge is 2.08. The van der Waals surface area contributed by atoms with Gasteiger partial charge < -0.3 is 15.0 Å². The number of benzene rings is 1. The average Bonchev–Trinajstić information content (AvgIpc) is 2.86. The number of amides is 1. The molecule has 0 bridgehead atoms. The molecule has 5 heteroatoms. The smallest absolute Gasteiger partial charge is 0.267 e. The summed E-state index contributed by atoms with van der Waals surface area (Å²) in [6.45, 7) is 0.538. The van der Waals surface area contributed by atoms with Gasteiger partial charge in [-0.2, -0.15) is 0 Å². The Hall–Kier alpha value is -1.94. The van der Waals surface area contributed by atoms with E-state index in [9.17, 15) is 4.79 Å². The molecule has 0 aliphatic carbocycles. The number of methoxy groups -OCH3 is 1. The molecule has 1 heterocycles. The molecular weight excluding hydrogens is 264 g/mol. The molecule has 0 saturated carbocycles. The van der Waals surface area contributed by atoms with Crippen molar-refractivity contribution in [2.45, 2.75) is 6.42 Å². The van der Waals surface area contributed by atoms with E-state index in [0.29, 0.717) is 23.7 Å². The molecule has 0 aliphatic rings. The fourth-order valence-electron chi connectivity index (χ4n) is 1.81.